The number of hydrogen-bond donors (Lipinski definition) is 2. The van der Waals surface area contributed by atoms with Gasteiger partial charge in [0.05, 0.1) is 23.7 Å². The van der Waals surface area contributed by atoms with Crippen molar-refractivity contribution in [3.05, 3.63) is 70.5 Å². The lowest BCUT2D eigenvalue weighted by Gasteiger charge is -2.12. The van der Waals surface area contributed by atoms with Gasteiger partial charge in [0.25, 0.3) is 0 Å². The van der Waals surface area contributed by atoms with E-state index in [1.165, 1.54) is 30.3 Å². The second-order valence-electron chi connectivity index (χ2n) is 5.66. The van der Waals surface area contributed by atoms with Crippen molar-refractivity contribution in [3.8, 4) is 6.07 Å². The molecule has 0 radical (unpaired) electrons. The summed E-state index contributed by atoms with van der Waals surface area (Å²) >= 11 is 0. The summed E-state index contributed by atoms with van der Waals surface area (Å²) in [6.07, 6.45) is -4.37. The quantitative estimate of drug-likeness (QED) is 0.270. The Morgan fingerprint density at radius 1 is 1.11 bits per heavy atom. The van der Waals surface area contributed by atoms with Crippen LogP contribution in [0.15, 0.2) is 47.5 Å². The summed E-state index contributed by atoms with van der Waals surface area (Å²) in [5, 5.41) is 14.8. The summed E-state index contributed by atoms with van der Waals surface area (Å²) in [6.45, 7) is 2.68. The molecule has 2 N–H and O–H groups in total. The molecule has 2 rings (SSSR count). The molecule has 0 spiro atoms. The van der Waals surface area contributed by atoms with Crippen LogP contribution in [-0.2, 0) is 19.3 Å². The molecule has 0 atom stereocenters. The molecule has 0 heterocycles. The fraction of sp³-hybridized carbons (Fsp3) is 0.263. The number of rotatable bonds is 5. The first-order valence-electron chi connectivity index (χ1n) is 8.20. The Labute approximate surface area is 177 Å². The number of nitrogens with zero attached hydrogens (tertiary/aromatic N) is 2. The Morgan fingerprint density at radius 3 is 2.36 bits per heavy atom. The average Bonchev–Trinajstić information content (AvgIpc) is 2.64. The van der Waals surface area contributed by atoms with Gasteiger partial charge in [-0.25, -0.2) is 9.38 Å². The van der Waals surface area contributed by atoms with E-state index in [1.54, 1.807) is 0 Å². The minimum Gasteiger partial charge on any atom is -0.357 e. The second-order valence-corrected chi connectivity index (χ2v) is 5.66. The van der Waals surface area contributed by atoms with E-state index in [1.807, 2.05) is 13.0 Å². The Hall–Kier alpha value is -2.35. The molecule has 0 aliphatic heterocycles. The molecule has 150 valence electrons. The van der Waals surface area contributed by atoms with Crippen molar-refractivity contribution >= 4 is 29.9 Å². The first-order valence-corrected chi connectivity index (χ1v) is 8.20. The highest BCUT2D eigenvalue weighted by Crippen LogP contribution is 2.29. The topological polar surface area (TPSA) is 60.2 Å². The maximum absolute atomic E-state index is 13.8. The van der Waals surface area contributed by atoms with Gasteiger partial charge in [-0.3, -0.25) is 0 Å². The van der Waals surface area contributed by atoms with Crippen molar-refractivity contribution < 1.29 is 17.6 Å². The largest absolute Gasteiger partial charge is 0.416 e. The van der Waals surface area contributed by atoms with Crippen LogP contribution in [0.5, 0.6) is 0 Å². The van der Waals surface area contributed by atoms with Crippen molar-refractivity contribution in [2.24, 2.45) is 4.99 Å². The van der Waals surface area contributed by atoms with Crippen LogP contribution in [0.4, 0.5) is 17.6 Å². The molecule has 0 saturated heterocycles. The van der Waals surface area contributed by atoms with Gasteiger partial charge in [-0.1, -0.05) is 12.1 Å². The summed E-state index contributed by atoms with van der Waals surface area (Å²) in [6, 6.07) is 10.8. The van der Waals surface area contributed by atoms with Gasteiger partial charge in [0.15, 0.2) is 5.96 Å². The number of nitrogens with one attached hydrogen (secondary N) is 2. The number of nitriles is 1. The average molecular weight is 506 g/mol. The van der Waals surface area contributed by atoms with Crippen molar-refractivity contribution in [1.82, 2.24) is 10.6 Å². The number of aliphatic imine (C=N–C) groups is 1. The predicted molar refractivity (Wildman–Crippen MR) is 110 cm³/mol. The predicted octanol–water partition coefficient (Wildman–Crippen LogP) is 4.59. The first kappa shape index (κ1) is 23.7. The van der Waals surface area contributed by atoms with Gasteiger partial charge in [0, 0.05) is 18.7 Å². The molecule has 28 heavy (non-hydrogen) atoms. The van der Waals surface area contributed by atoms with Crippen LogP contribution < -0.4 is 10.6 Å². The fourth-order valence-corrected chi connectivity index (χ4v) is 2.27. The van der Waals surface area contributed by atoms with Crippen LogP contribution in [0.2, 0.25) is 0 Å². The lowest BCUT2D eigenvalue weighted by atomic mass is 10.1. The molecule has 0 aromatic heterocycles. The third-order valence-electron chi connectivity index (χ3n) is 3.67. The fourth-order valence-electron chi connectivity index (χ4n) is 2.27. The van der Waals surface area contributed by atoms with E-state index in [0.717, 1.165) is 12.1 Å². The van der Waals surface area contributed by atoms with Crippen molar-refractivity contribution in [3.63, 3.8) is 0 Å². The van der Waals surface area contributed by atoms with Gasteiger partial charge >= 0.3 is 6.18 Å². The number of guanidine groups is 1. The SMILES string of the molecule is CCNC(=NCc1ccc(C(F)(F)F)cc1)NCc1cc(C#N)ccc1F.I. The van der Waals surface area contributed by atoms with Gasteiger partial charge in [-0.2, -0.15) is 18.4 Å². The highest BCUT2D eigenvalue weighted by atomic mass is 127. The third-order valence-corrected chi connectivity index (χ3v) is 3.67. The monoisotopic (exact) mass is 506 g/mol. The Bertz CT molecular complexity index is 842. The molecule has 0 unspecified atom stereocenters. The summed E-state index contributed by atoms with van der Waals surface area (Å²) in [4.78, 5) is 4.29. The summed E-state index contributed by atoms with van der Waals surface area (Å²) < 4.78 is 51.6. The Morgan fingerprint density at radius 2 is 1.79 bits per heavy atom. The molecule has 0 fully saturated rings. The lowest BCUT2D eigenvalue weighted by molar-refractivity contribution is -0.137. The van der Waals surface area contributed by atoms with Crippen LogP contribution in [0.3, 0.4) is 0 Å². The molecule has 0 saturated carbocycles. The van der Waals surface area contributed by atoms with E-state index in [-0.39, 0.29) is 37.1 Å². The zero-order chi connectivity index (χ0) is 19.9. The van der Waals surface area contributed by atoms with Crippen molar-refractivity contribution in [1.29, 1.82) is 5.26 Å². The molecule has 0 aliphatic rings. The maximum atomic E-state index is 13.8. The van der Waals surface area contributed by atoms with Crippen LogP contribution in [0, 0.1) is 17.1 Å². The van der Waals surface area contributed by atoms with Crippen LogP contribution in [0.1, 0.15) is 29.2 Å². The molecular formula is C19H19F4IN4. The van der Waals surface area contributed by atoms with E-state index < -0.39 is 17.6 Å². The zero-order valence-electron chi connectivity index (χ0n) is 15.0. The van der Waals surface area contributed by atoms with E-state index in [9.17, 15) is 17.6 Å². The van der Waals surface area contributed by atoms with E-state index in [0.29, 0.717) is 29.2 Å². The smallest absolute Gasteiger partial charge is 0.357 e. The van der Waals surface area contributed by atoms with E-state index in [4.69, 9.17) is 5.26 Å². The normalized spacial score (nSPS) is 11.4. The Kier molecular flexibility index (Phi) is 9.18. The van der Waals surface area contributed by atoms with Gasteiger partial charge in [-0.15, -0.1) is 24.0 Å². The minimum absolute atomic E-state index is 0. The first-order chi connectivity index (χ1) is 12.8. The van der Waals surface area contributed by atoms with Crippen LogP contribution >= 0.6 is 24.0 Å². The van der Waals surface area contributed by atoms with Crippen LogP contribution in [0.25, 0.3) is 0 Å². The molecule has 4 nitrogen and oxygen atoms in total. The van der Waals surface area contributed by atoms with E-state index >= 15 is 0 Å². The maximum Gasteiger partial charge on any atom is 0.416 e. The highest BCUT2D eigenvalue weighted by Gasteiger charge is 2.29. The van der Waals surface area contributed by atoms with Gasteiger partial charge < -0.3 is 10.6 Å². The van der Waals surface area contributed by atoms with Gasteiger partial charge in [0.2, 0.25) is 0 Å². The van der Waals surface area contributed by atoms with E-state index in [2.05, 4.69) is 15.6 Å². The molecule has 0 bridgehead atoms. The highest BCUT2D eigenvalue weighted by molar-refractivity contribution is 14.0. The molecule has 9 heteroatoms. The zero-order valence-corrected chi connectivity index (χ0v) is 17.3. The van der Waals surface area contributed by atoms with Crippen molar-refractivity contribution in [2.45, 2.75) is 26.2 Å². The standard InChI is InChI=1S/C19H18F4N4.HI/c1-2-25-18(27-12-15-9-14(10-24)5-8-17(15)20)26-11-13-3-6-16(7-4-13)19(21,22)23;/h3-9H,2,11-12H2,1H3,(H2,25,26,27);1H. The molecule has 2 aromatic rings. The molecule has 0 amide bonds. The number of hydrogen-bond acceptors (Lipinski definition) is 2. The van der Waals surface area contributed by atoms with Gasteiger partial charge in [0.1, 0.15) is 5.82 Å². The number of alkyl halides is 3. The number of halogens is 5. The number of benzene rings is 2. The lowest BCUT2D eigenvalue weighted by Crippen LogP contribution is -2.37. The van der Waals surface area contributed by atoms with Crippen molar-refractivity contribution in [2.75, 3.05) is 6.54 Å². The summed E-state index contributed by atoms with van der Waals surface area (Å²) in [5.74, 6) is -0.0563. The summed E-state index contributed by atoms with van der Waals surface area (Å²) in [7, 11) is 0. The van der Waals surface area contributed by atoms with Gasteiger partial charge in [-0.05, 0) is 42.8 Å². The minimum atomic E-state index is -4.37. The third kappa shape index (κ3) is 6.99. The molecule has 0 aliphatic carbocycles. The molecule has 2 aromatic carbocycles. The Balaban J connectivity index is 0.00000392. The summed E-state index contributed by atoms with van der Waals surface area (Å²) in [5.41, 5.74) is 0.556. The second kappa shape index (κ2) is 10.8. The molecular weight excluding hydrogens is 487 g/mol. The van der Waals surface area contributed by atoms with Crippen LogP contribution in [-0.4, -0.2) is 12.5 Å².